The van der Waals surface area contributed by atoms with Gasteiger partial charge >= 0.3 is 6.03 Å². The lowest BCUT2D eigenvalue weighted by Gasteiger charge is -2.31. The molecule has 0 atom stereocenters. The number of nitrogens with one attached hydrogen (secondary N) is 1. The zero-order chi connectivity index (χ0) is 21.7. The van der Waals surface area contributed by atoms with Crippen LogP contribution in [0.4, 0.5) is 10.5 Å². The van der Waals surface area contributed by atoms with Gasteiger partial charge in [-0.15, -0.1) is 0 Å². The van der Waals surface area contributed by atoms with Crippen molar-refractivity contribution in [2.45, 2.75) is 12.8 Å². The van der Waals surface area contributed by atoms with Gasteiger partial charge in [0, 0.05) is 34.6 Å². The van der Waals surface area contributed by atoms with E-state index in [4.69, 9.17) is 33.7 Å². The lowest BCUT2D eigenvalue weighted by atomic mass is 9.89. The van der Waals surface area contributed by atoms with Crippen molar-refractivity contribution >= 4 is 46.6 Å². The van der Waals surface area contributed by atoms with Gasteiger partial charge in [-0.3, -0.25) is 9.59 Å². The van der Waals surface area contributed by atoms with Gasteiger partial charge in [-0.2, -0.15) is 0 Å². The highest BCUT2D eigenvalue weighted by Crippen LogP contribution is 2.28. The molecule has 0 aromatic heterocycles. The van der Waals surface area contributed by atoms with Crippen LogP contribution in [0.25, 0.3) is 0 Å². The van der Waals surface area contributed by atoms with Crippen LogP contribution in [0.2, 0.25) is 10.0 Å². The van der Waals surface area contributed by atoms with E-state index in [9.17, 15) is 14.4 Å². The molecule has 7 nitrogen and oxygen atoms in total. The minimum absolute atomic E-state index is 0.0679. The van der Waals surface area contributed by atoms with Crippen LogP contribution < -0.4 is 15.8 Å². The molecule has 1 heterocycles. The van der Waals surface area contributed by atoms with Crippen LogP contribution in [0.5, 0.6) is 5.75 Å². The first-order valence-corrected chi connectivity index (χ1v) is 10.2. The third-order valence-electron chi connectivity index (χ3n) is 4.90. The second-order valence-corrected chi connectivity index (χ2v) is 7.82. The monoisotopic (exact) mass is 449 g/mol. The molecule has 3 rings (SSSR count). The van der Waals surface area contributed by atoms with E-state index in [1.54, 1.807) is 41.3 Å². The summed E-state index contributed by atoms with van der Waals surface area (Å²) >= 11 is 11.8. The average molecular weight is 450 g/mol. The Morgan fingerprint density at radius 3 is 2.30 bits per heavy atom. The molecule has 0 unspecified atom stereocenters. The molecule has 3 amide bonds. The fourth-order valence-electron chi connectivity index (χ4n) is 3.33. The maximum absolute atomic E-state index is 12.6. The van der Waals surface area contributed by atoms with Gasteiger partial charge in [0.15, 0.2) is 12.4 Å². The predicted octanol–water partition coefficient (Wildman–Crippen LogP) is 3.98. The van der Waals surface area contributed by atoms with Crippen molar-refractivity contribution in [3.63, 3.8) is 0 Å². The summed E-state index contributed by atoms with van der Waals surface area (Å²) in [6.45, 7) is 0.739. The number of Topliss-reactive ketones (excluding diaryl/α,β-unsaturated/α-hetero) is 1. The Bertz CT molecular complexity index is 942. The summed E-state index contributed by atoms with van der Waals surface area (Å²) in [7, 11) is 0. The molecule has 2 aromatic carbocycles. The normalized spacial score (nSPS) is 14.3. The maximum atomic E-state index is 12.6. The highest BCUT2D eigenvalue weighted by Gasteiger charge is 2.28. The molecule has 3 N–H and O–H groups in total. The molecule has 2 aromatic rings. The van der Waals surface area contributed by atoms with Crippen LogP contribution in [0.15, 0.2) is 42.5 Å². The highest BCUT2D eigenvalue weighted by atomic mass is 35.5. The molecule has 1 fully saturated rings. The van der Waals surface area contributed by atoms with Gasteiger partial charge in [-0.25, -0.2) is 4.79 Å². The topological polar surface area (TPSA) is 102 Å². The van der Waals surface area contributed by atoms with Crippen LogP contribution in [-0.4, -0.2) is 42.3 Å². The van der Waals surface area contributed by atoms with Crippen molar-refractivity contribution in [3.8, 4) is 5.75 Å². The first-order valence-electron chi connectivity index (χ1n) is 9.40. The van der Waals surface area contributed by atoms with Gasteiger partial charge in [0.25, 0.3) is 5.91 Å². The standard InChI is InChI=1S/C21H21Cl2N3O4/c22-15-3-1-13(2-4-15)20(28)14-7-9-26(10-8-14)19(27)12-30-18-6-5-16(23)11-17(18)25-21(24)29/h1-6,11,14H,7-10,12H2,(H3,24,25,29). The number of carbonyl (C=O) groups excluding carboxylic acids is 3. The van der Waals surface area contributed by atoms with Crippen molar-refractivity contribution in [2.75, 3.05) is 25.0 Å². The van der Waals surface area contributed by atoms with Gasteiger partial charge in [0.2, 0.25) is 0 Å². The molecule has 0 bridgehead atoms. The number of primary amides is 1. The Labute approximate surface area is 184 Å². The van der Waals surface area contributed by atoms with Gasteiger partial charge in [0.1, 0.15) is 5.75 Å². The van der Waals surface area contributed by atoms with E-state index in [0.717, 1.165) is 0 Å². The summed E-state index contributed by atoms with van der Waals surface area (Å²) in [4.78, 5) is 37.9. The van der Waals surface area contributed by atoms with E-state index in [1.807, 2.05) is 0 Å². The number of ether oxygens (including phenoxy) is 1. The molecule has 30 heavy (non-hydrogen) atoms. The number of hydrogen-bond donors (Lipinski definition) is 2. The molecule has 0 radical (unpaired) electrons. The maximum Gasteiger partial charge on any atom is 0.316 e. The third kappa shape index (κ3) is 5.64. The predicted molar refractivity (Wildman–Crippen MR) is 115 cm³/mol. The molecule has 158 valence electrons. The minimum Gasteiger partial charge on any atom is -0.482 e. The summed E-state index contributed by atoms with van der Waals surface area (Å²) in [5.74, 6) is 0.0313. The number of nitrogens with zero attached hydrogens (tertiary/aromatic N) is 1. The van der Waals surface area contributed by atoms with Crippen molar-refractivity contribution in [1.82, 2.24) is 4.90 Å². The number of hydrogen-bond acceptors (Lipinski definition) is 4. The second kappa shape index (κ2) is 9.82. The van der Waals surface area contributed by atoms with Gasteiger partial charge < -0.3 is 20.7 Å². The first kappa shape index (κ1) is 21.9. The number of nitrogens with two attached hydrogens (primary N) is 1. The van der Waals surface area contributed by atoms with Crippen LogP contribution in [-0.2, 0) is 4.79 Å². The number of benzene rings is 2. The Balaban J connectivity index is 1.53. The molecule has 0 spiro atoms. The summed E-state index contributed by atoms with van der Waals surface area (Å²) in [6.07, 6.45) is 1.17. The fourth-order valence-corrected chi connectivity index (χ4v) is 3.63. The number of piperidine rings is 1. The summed E-state index contributed by atoms with van der Waals surface area (Å²) in [5.41, 5.74) is 6.06. The minimum atomic E-state index is -0.763. The zero-order valence-corrected chi connectivity index (χ0v) is 17.6. The van der Waals surface area contributed by atoms with Crippen LogP contribution >= 0.6 is 23.2 Å². The van der Waals surface area contributed by atoms with E-state index in [2.05, 4.69) is 5.32 Å². The Hall–Kier alpha value is -2.77. The molecular formula is C21H21Cl2N3O4. The number of amides is 3. The molecule has 1 saturated heterocycles. The Morgan fingerprint density at radius 1 is 1.03 bits per heavy atom. The van der Waals surface area contributed by atoms with Gasteiger partial charge in [0.05, 0.1) is 5.69 Å². The third-order valence-corrected chi connectivity index (χ3v) is 5.38. The zero-order valence-electron chi connectivity index (χ0n) is 16.1. The molecule has 0 aliphatic carbocycles. The average Bonchev–Trinajstić information content (AvgIpc) is 2.73. The summed E-state index contributed by atoms with van der Waals surface area (Å²) < 4.78 is 5.56. The van der Waals surface area contributed by atoms with Crippen molar-refractivity contribution < 1.29 is 19.1 Å². The largest absolute Gasteiger partial charge is 0.482 e. The van der Waals surface area contributed by atoms with Crippen molar-refractivity contribution in [2.24, 2.45) is 11.7 Å². The number of urea groups is 1. The lowest BCUT2D eigenvalue weighted by molar-refractivity contribution is -0.134. The number of likely N-dealkylation sites (tertiary alicyclic amines) is 1. The number of halogens is 2. The molecule has 1 aliphatic rings. The van der Waals surface area contributed by atoms with E-state index in [0.29, 0.717) is 47.3 Å². The number of anilines is 1. The van der Waals surface area contributed by atoms with Crippen LogP contribution in [0.3, 0.4) is 0 Å². The molecule has 1 aliphatic heterocycles. The van der Waals surface area contributed by atoms with E-state index >= 15 is 0 Å². The van der Waals surface area contributed by atoms with Crippen molar-refractivity contribution in [3.05, 3.63) is 58.1 Å². The number of rotatable bonds is 6. The second-order valence-electron chi connectivity index (χ2n) is 6.94. The number of carbonyl (C=O) groups is 3. The Kier molecular flexibility index (Phi) is 7.18. The van der Waals surface area contributed by atoms with Gasteiger partial charge in [-0.05, 0) is 55.3 Å². The highest BCUT2D eigenvalue weighted by molar-refractivity contribution is 6.31. The van der Waals surface area contributed by atoms with Crippen LogP contribution in [0.1, 0.15) is 23.2 Å². The molecule has 0 saturated carbocycles. The molecular weight excluding hydrogens is 429 g/mol. The van der Waals surface area contributed by atoms with E-state index < -0.39 is 6.03 Å². The fraction of sp³-hybridized carbons (Fsp3) is 0.286. The summed E-state index contributed by atoms with van der Waals surface area (Å²) in [6, 6.07) is 10.7. The smallest absolute Gasteiger partial charge is 0.316 e. The van der Waals surface area contributed by atoms with E-state index in [-0.39, 0.29) is 29.9 Å². The van der Waals surface area contributed by atoms with Gasteiger partial charge in [-0.1, -0.05) is 23.2 Å². The van der Waals surface area contributed by atoms with Crippen LogP contribution in [0, 0.1) is 5.92 Å². The summed E-state index contributed by atoms with van der Waals surface area (Å²) in [5, 5.41) is 3.39. The lowest BCUT2D eigenvalue weighted by Crippen LogP contribution is -2.42. The first-order chi connectivity index (χ1) is 14.3. The van der Waals surface area contributed by atoms with Crippen molar-refractivity contribution in [1.29, 1.82) is 0 Å². The quantitative estimate of drug-likeness (QED) is 0.650. The SMILES string of the molecule is NC(=O)Nc1cc(Cl)ccc1OCC(=O)N1CCC(C(=O)c2ccc(Cl)cc2)CC1. The van der Waals surface area contributed by atoms with E-state index in [1.165, 1.54) is 6.07 Å². The number of ketones is 1. The molecule has 9 heteroatoms. The Morgan fingerprint density at radius 2 is 1.67 bits per heavy atom.